The van der Waals surface area contributed by atoms with E-state index >= 15 is 0 Å². The Morgan fingerprint density at radius 3 is 2.64 bits per heavy atom. The normalized spacial score (nSPS) is 10.9. The van der Waals surface area contributed by atoms with Gasteiger partial charge in [-0.3, -0.25) is 19.4 Å². The minimum atomic E-state index is -0.805. The maximum Gasteiger partial charge on any atom is 0.267 e. The first-order valence-corrected chi connectivity index (χ1v) is 10.2. The van der Waals surface area contributed by atoms with E-state index in [1.165, 1.54) is 41.8 Å². The highest BCUT2D eigenvalue weighted by molar-refractivity contribution is 6.01. The summed E-state index contributed by atoms with van der Waals surface area (Å²) >= 11 is 0. The number of aromatic nitrogens is 2. The molecule has 3 rings (SSSR count). The second-order valence-corrected chi connectivity index (χ2v) is 7.74. The van der Waals surface area contributed by atoms with Crippen LogP contribution in [0.3, 0.4) is 0 Å². The maximum atomic E-state index is 13.8. The molecule has 3 aromatic rings. The molecular formula is C23H25FN4O5. The third-order valence-corrected chi connectivity index (χ3v) is 5.40. The van der Waals surface area contributed by atoms with Gasteiger partial charge in [0.1, 0.15) is 16.9 Å². The Kier molecular flexibility index (Phi) is 7.07. The van der Waals surface area contributed by atoms with Gasteiger partial charge >= 0.3 is 0 Å². The predicted molar refractivity (Wildman–Crippen MR) is 119 cm³/mol. The van der Waals surface area contributed by atoms with Crippen LogP contribution in [-0.2, 0) is 24.8 Å². The quantitative estimate of drug-likeness (QED) is 0.489. The van der Waals surface area contributed by atoms with Crippen LogP contribution in [0.5, 0.6) is 5.75 Å². The molecule has 0 fully saturated rings. The minimum absolute atomic E-state index is 0.0648. The standard InChI is InChI=1S/C23H25FN4O5/c1-13(30)27(2)12-16-10-17(24)5-4-15(16)8-14-9-18-20(26-11-14)21(31)19(23(33)28(18)3)22(32)25-6-7-29/h4-5,9-11,29,31H,6-8,12H2,1-3H3,(H,25,32). The number of hydrogen-bond acceptors (Lipinski definition) is 6. The second kappa shape index (κ2) is 9.78. The molecule has 0 spiro atoms. The zero-order valence-electron chi connectivity index (χ0n) is 18.6. The van der Waals surface area contributed by atoms with Gasteiger partial charge in [-0.25, -0.2) is 4.39 Å². The fourth-order valence-electron chi connectivity index (χ4n) is 3.49. The number of aryl methyl sites for hydroxylation is 1. The first kappa shape index (κ1) is 23.9. The Balaban J connectivity index is 2.02. The van der Waals surface area contributed by atoms with Crippen LogP contribution in [-0.4, -0.2) is 56.7 Å². The largest absolute Gasteiger partial charge is 0.505 e. The Bertz CT molecular complexity index is 1290. The lowest BCUT2D eigenvalue weighted by Gasteiger charge is -2.18. The molecule has 0 bridgehead atoms. The number of nitrogens with zero attached hydrogens (tertiary/aromatic N) is 3. The summed E-state index contributed by atoms with van der Waals surface area (Å²) in [5, 5.41) is 21.8. The third kappa shape index (κ3) is 5.01. The lowest BCUT2D eigenvalue weighted by molar-refractivity contribution is -0.128. The van der Waals surface area contributed by atoms with Crippen molar-refractivity contribution in [2.24, 2.45) is 7.05 Å². The van der Waals surface area contributed by atoms with Crippen molar-refractivity contribution in [3.8, 4) is 5.75 Å². The number of aromatic hydroxyl groups is 1. The van der Waals surface area contributed by atoms with Crippen molar-refractivity contribution in [2.75, 3.05) is 20.2 Å². The average molecular weight is 456 g/mol. The molecule has 0 atom stereocenters. The monoisotopic (exact) mass is 456 g/mol. The molecule has 33 heavy (non-hydrogen) atoms. The number of carbonyl (C=O) groups excluding carboxylic acids is 2. The van der Waals surface area contributed by atoms with Crippen molar-refractivity contribution in [1.82, 2.24) is 19.8 Å². The number of halogens is 1. The summed E-state index contributed by atoms with van der Waals surface area (Å²) < 4.78 is 15.1. The molecule has 1 aromatic carbocycles. The van der Waals surface area contributed by atoms with Crippen LogP contribution in [0, 0.1) is 5.82 Å². The lowest BCUT2D eigenvalue weighted by atomic mass is 9.99. The molecule has 0 aliphatic heterocycles. The smallest absolute Gasteiger partial charge is 0.267 e. The molecule has 2 amide bonds. The van der Waals surface area contributed by atoms with E-state index in [9.17, 15) is 23.9 Å². The fourth-order valence-corrected chi connectivity index (χ4v) is 3.49. The van der Waals surface area contributed by atoms with Gasteiger partial charge < -0.3 is 25.0 Å². The van der Waals surface area contributed by atoms with Crippen molar-refractivity contribution < 1.29 is 24.2 Å². The van der Waals surface area contributed by atoms with Crippen LogP contribution in [0.4, 0.5) is 4.39 Å². The number of carbonyl (C=O) groups is 2. The summed E-state index contributed by atoms with van der Waals surface area (Å²) in [4.78, 5) is 42.3. The summed E-state index contributed by atoms with van der Waals surface area (Å²) in [5.74, 6) is -1.91. The Hall–Kier alpha value is -3.79. The first-order chi connectivity index (χ1) is 15.6. The summed E-state index contributed by atoms with van der Waals surface area (Å²) in [7, 11) is 3.09. The van der Waals surface area contributed by atoms with Crippen LogP contribution in [0.2, 0.25) is 0 Å². The van der Waals surface area contributed by atoms with Crippen molar-refractivity contribution >= 4 is 22.8 Å². The van der Waals surface area contributed by atoms with E-state index in [1.54, 1.807) is 19.2 Å². The molecule has 2 heterocycles. The van der Waals surface area contributed by atoms with E-state index in [-0.39, 0.29) is 31.1 Å². The molecule has 0 aliphatic carbocycles. The summed E-state index contributed by atoms with van der Waals surface area (Å²) in [6.45, 7) is 1.28. The Morgan fingerprint density at radius 2 is 1.97 bits per heavy atom. The van der Waals surface area contributed by atoms with Gasteiger partial charge in [0.15, 0.2) is 5.75 Å². The SMILES string of the molecule is CC(=O)N(C)Cc1cc(F)ccc1Cc1cnc2c(O)c(C(=O)NCCO)c(=O)n(C)c2c1. The predicted octanol–water partition coefficient (Wildman–Crippen LogP) is 1.07. The highest BCUT2D eigenvalue weighted by atomic mass is 19.1. The van der Waals surface area contributed by atoms with Crippen LogP contribution in [0.25, 0.3) is 11.0 Å². The van der Waals surface area contributed by atoms with E-state index in [0.717, 1.165) is 5.56 Å². The number of rotatable bonds is 7. The summed E-state index contributed by atoms with van der Waals surface area (Å²) in [6.07, 6.45) is 1.85. The molecule has 2 aromatic heterocycles. The van der Waals surface area contributed by atoms with Gasteiger partial charge in [-0.1, -0.05) is 6.07 Å². The van der Waals surface area contributed by atoms with Crippen molar-refractivity contribution in [1.29, 1.82) is 0 Å². The van der Waals surface area contributed by atoms with Crippen molar-refractivity contribution in [2.45, 2.75) is 19.9 Å². The number of benzene rings is 1. The molecule has 174 valence electrons. The molecular weight excluding hydrogens is 431 g/mol. The van der Waals surface area contributed by atoms with Crippen LogP contribution in [0.1, 0.15) is 34.0 Å². The molecule has 3 N–H and O–H groups in total. The van der Waals surface area contributed by atoms with Gasteiger partial charge in [0.2, 0.25) is 5.91 Å². The molecule has 0 radical (unpaired) electrons. The average Bonchev–Trinajstić information content (AvgIpc) is 2.77. The number of fused-ring (bicyclic) bond motifs is 1. The lowest BCUT2D eigenvalue weighted by Crippen LogP contribution is -2.34. The van der Waals surface area contributed by atoms with Gasteiger partial charge in [0.25, 0.3) is 11.5 Å². The van der Waals surface area contributed by atoms with E-state index in [0.29, 0.717) is 23.1 Å². The van der Waals surface area contributed by atoms with Gasteiger partial charge in [0, 0.05) is 40.3 Å². The van der Waals surface area contributed by atoms with E-state index in [1.807, 2.05) is 0 Å². The number of aliphatic hydroxyl groups excluding tert-OH is 1. The van der Waals surface area contributed by atoms with Crippen LogP contribution < -0.4 is 10.9 Å². The fraction of sp³-hybridized carbons (Fsp3) is 0.304. The van der Waals surface area contributed by atoms with Crippen molar-refractivity contribution in [3.63, 3.8) is 0 Å². The third-order valence-electron chi connectivity index (χ3n) is 5.40. The maximum absolute atomic E-state index is 13.8. The summed E-state index contributed by atoms with van der Waals surface area (Å²) in [5.41, 5.74) is 1.34. The number of aliphatic hydroxyl groups is 1. The molecule has 9 nitrogen and oxygen atoms in total. The molecule has 0 saturated heterocycles. The van der Waals surface area contributed by atoms with Crippen molar-refractivity contribution in [3.05, 3.63) is 68.9 Å². The highest BCUT2D eigenvalue weighted by Gasteiger charge is 2.22. The Morgan fingerprint density at radius 1 is 1.24 bits per heavy atom. The summed E-state index contributed by atoms with van der Waals surface area (Å²) in [6, 6.07) is 6.01. The second-order valence-electron chi connectivity index (χ2n) is 7.74. The van der Waals surface area contributed by atoms with Gasteiger partial charge in [-0.15, -0.1) is 0 Å². The van der Waals surface area contributed by atoms with Gasteiger partial charge in [-0.05, 0) is 41.3 Å². The zero-order chi connectivity index (χ0) is 24.3. The van der Waals surface area contributed by atoms with Crippen LogP contribution >= 0.6 is 0 Å². The first-order valence-electron chi connectivity index (χ1n) is 10.2. The topological polar surface area (TPSA) is 125 Å². The highest BCUT2D eigenvalue weighted by Crippen LogP contribution is 2.26. The zero-order valence-corrected chi connectivity index (χ0v) is 18.6. The number of amides is 2. The molecule has 0 aliphatic rings. The minimum Gasteiger partial charge on any atom is -0.505 e. The van der Waals surface area contributed by atoms with E-state index in [4.69, 9.17) is 5.11 Å². The number of nitrogens with one attached hydrogen (secondary N) is 1. The van der Waals surface area contributed by atoms with Gasteiger partial charge in [0.05, 0.1) is 12.1 Å². The van der Waals surface area contributed by atoms with Gasteiger partial charge in [-0.2, -0.15) is 0 Å². The Labute approximate surface area is 189 Å². The molecule has 10 heteroatoms. The van der Waals surface area contributed by atoms with Crippen LogP contribution in [0.15, 0.2) is 35.3 Å². The number of hydrogen-bond donors (Lipinski definition) is 3. The number of pyridine rings is 2. The van der Waals surface area contributed by atoms with E-state index < -0.39 is 28.6 Å². The molecule has 0 unspecified atom stereocenters. The molecule has 0 saturated carbocycles. The van der Waals surface area contributed by atoms with E-state index in [2.05, 4.69) is 10.3 Å².